The van der Waals surface area contributed by atoms with E-state index in [1.165, 1.54) is 0 Å². The molecule has 0 bridgehead atoms. The summed E-state index contributed by atoms with van der Waals surface area (Å²) in [7, 11) is 0. The van der Waals surface area contributed by atoms with Crippen molar-refractivity contribution >= 4 is 11.9 Å². The van der Waals surface area contributed by atoms with E-state index >= 15 is 0 Å². The molecule has 1 rings (SSSR count). The number of esters is 1. The van der Waals surface area contributed by atoms with Gasteiger partial charge in [0.2, 0.25) is 0 Å². The first-order valence-corrected chi connectivity index (χ1v) is 4.08. The third-order valence-corrected chi connectivity index (χ3v) is 1.53. The van der Waals surface area contributed by atoms with E-state index < -0.39 is 18.4 Å². The third kappa shape index (κ3) is 6.81. The largest absolute Gasteiger partial charge is 1.00 e. The minimum Gasteiger partial charge on any atom is -0.550 e. The van der Waals surface area contributed by atoms with E-state index in [4.69, 9.17) is 0 Å². The van der Waals surface area contributed by atoms with Crippen molar-refractivity contribution in [2.24, 2.45) is 0 Å². The van der Waals surface area contributed by atoms with Gasteiger partial charge < -0.3 is 14.6 Å². The van der Waals surface area contributed by atoms with Crippen LogP contribution in [0.2, 0.25) is 0 Å². The van der Waals surface area contributed by atoms with Gasteiger partial charge in [0.1, 0.15) is 6.61 Å². The molecule has 0 heterocycles. The Bertz CT molecular complexity index is 323. The van der Waals surface area contributed by atoms with Crippen molar-refractivity contribution in [2.75, 3.05) is 0 Å². The SMILES string of the molecule is O=C([O-])CC(=O)OCc1ccccc1.[K+]. The molecule has 0 aliphatic heterocycles. The molecule has 1 aromatic carbocycles. The van der Waals surface area contributed by atoms with Crippen molar-refractivity contribution in [3.05, 3.63) is 35.9 Å². The summed E-state index contributed by atoms with van der Waals surface area (Å²) < 4.78 is 4.68. The molecule has 1 aromatic rings. The van der Waals surface area contributed by atoms with E-state index in [2.05, 4.69) is 4.74 Å². The Morgan fingerprint density at radius 2 is 1.80 bits per heavy atom. The molecule has 0 atom stereocenters. The van der Waals surface area contributed by atoms with E-state index in [1.807, 2.05) is 18.2 Å². The van der Waals surface area contributed by atoms with Crippen molar-refractivity contribution in [3.63, 3.8) is 0 Å². The topological polar surface area (TPSA) is 66.4 Å². The van der Waals surface area contributed by atoms with Crippen LogP contribution in [-0.2, 0) is 20.9 Å². The number of carboxylic acid groups (broad SMARTS) is 1. The predicted molar refractivity (Wildman–Crippen MR) is 45.9 cm³/mol. The van der Waals surface area contributed by atoms with Crippen LogP contribution >= 0.6 is 0 Å². The van der Waals surface area contributed by atoms with E-state index in [-0.39, 0.29) is 58.0 Å². The molecule has 0 unspecified atom stereocenters. The second-order valence-corrected chi connectivity index (χ2v) is 2.70. The van der Waals surface area contributed by atoms with Crippen molar-refractivity contribution < 1.29 is 70.8 Å². The first-order valence-electron chi connectivity index (χ1n) is 4.08. The van der Waals surface area contributed by atoms with E-state index in [1.54, 1.807) is 12.1 Å². The van der Waals surface area contributed by atoms with Gasteiger partial charge in [-0.1, -0.05) is 30.3 Å². The summed E-state index contributed by atoms with van der Waals surface area (Å²) in [6.07, 6.45) is -0.702. The maximum absolute atomic E-state index is 10.8. The maximum Gasteiger partial charge on any atom is 1.00 e. The summed E-state index contributed by atoms with van der Waals surface area (Å²) in [6, 6.07) is 9.02. The molecule has 5 heteroatoms. The van der Waals surface area contributed by atoms with Crippen LogP contribution in [0.25, 0.3) is 0 Å². The fraction of sp³-hybridized carbons (Fsp3) is 0.200. The van der Waals surface area contributed by atoms with Crippen molar-refractivity contribution in [1.29, 1.82) is 0 Å². The molecule has 0 aliphatic rings. The summed E-state index contributed by atoms with van der Waals surface area (Å²) in [5.74, 6) is -2.21. The quantitative estimate of drug-likeness (QED) is 0.313. The monoisotopic (exact) mass is 232 g/mol. The number of rotatable bonds is 4. The zero-order valence-corrected chi connectivity index (χ0v) is 11.6. The molecule has 0 saturated heterocycles. The van der Waals surface area contributed by atoms with Crippen LogP contribution in [0.5, 0.6) is 0 Å². The van der Waals surface area contributed by atoms with Crippen molar-refractivity contribution in [3.8, 4) is 0 Å². The molecule has 0 spiro atoms. The van der Waals surface area contributed by atoms with Gasteiger partial charge in [0.05, 0.1) is 12.4 Å². The molecule has 0 saturated carbocycles. The summed E-state index contributed by atoms with van der Waals surface area (Å²) in [6.45, 7) is 0.0902. The molecule has 0 N–H and O–H groups in total. The normalized spacial score (nSPS) is 8.80. The Kier molecular flexibility index (Phi) is 7.90. The minimum atomic E-state index is -1.43. The van der Waals surface area contributed by atoms with Crippen LogP contribution in [0.15, 0.2) is 30.3 Å². The average molecular weight is 232 g/mol. The molecule has 15 heavy (non-hydrogen) atoms. The summed E-state index contributed by atoms with van der Waals surface area (Å²) in [5, 5.41) is 10.0. The second-order valence-electron chi connectivity index (χ2n) is 2.70. The number of carboxylic acids is 1. The van der Waals surface area contributed by atoms with Crippen LogP contribution in [0.1, 0.15) is 12.0 Å². The number of carbonyl (C=O) groups is 2. The first kappa shape index (κ1) is 14.8. The Hall–Kier alpha value is -0.204. The van der Waals surface area contributed by atoms with Gasteiger partial charge in [-0.05, 0) is 5.56 Å². The van der Waals surface area contributed by atoms with Gasteiger partial charge in [0, 0.05) is 0 Å². The van der Waals surface area contributed by atoms with Gasteiger partial charge in [0.25, 0.3) is 0 Å². The second kappa shape index (κ2) is 8.01. The molecular formula is C10H9KO4. The Morgan fingerprint density at radius 1 is 1.20 bits per heavy atom. The summed E-state index contributed by atoms with van der Waals surface area (Å²) >= 11 is 0. The Morgan fingerprint density at radius 3 is 2.33 bits per heavy atom. The number of carbonyl (C=O) groups excluding carboxylic acids is 2. The molecular weight excluding hydrogens is 223 g/mol. The van der Waals surface area contributed by atoms with Crippen LogP contribution in [0.3, 0.4) is 0 Å². The fourth-order valence-corrected chi connectivity index (χ4v) is 0.907. The van der Waals surface area contributed by atoms with Crippen LogP contribution in [0, 0.1) is 0 Å². The molecule has 4 nitrogen and oxygen atoms in total. The van der Waals surface area contributed by atoms with Gasteiger partial charge in [-0.3, -0.25) is 4.79 Å². The summed E-state index contributed by atoms with van der Waals surface area (Å²) in [4.78, 5) is 20.8. The van der Waals surface area contributed by atoms with Gasteiger partial charge in [-0.25, -0.2) is 0 Å². The maximum atomic E-state index is 10.8. The fourth-order valence-electron chi connectivity index (χ4n) is 0.907. The van der Waals surface area contributed by atoms with Crippen molar-refractivity contribution in [2.45, 2.75) is 13.0 Å². The van der Waals surface area contributed by atoms with Gasteiger partial charge in [-0.2, -0.15) is 0 Å². The Balaban J connectivity index is 0.00000196. The smallest absolute Gasteiger partial charge is 0.550 e. The average Bonchev–Trinajstić information content (AvgIpc) is 2.15. The zero-order chi connectivity index (χ0) is 10.4. The molecule has 74 valence electrons. The zero-order valence-electron chi connectivity index (χ0n) is 8.43. The number of hydrogen-bond acceptors (Lipinski definition) is 4. The van der Waals surface area contributed by atoms with Gasteiger partial charge >= 0.3 is 57.4 Å². The summed E-state index contributed by atoms with van der Waals surface area (Å²) in [5.41, 5.74) is 0.819. The predicted octanol–water partition coefficient (Wildman–Crippen LogP) is -3.13. The van der Waals surface area contributed by atoms with Crippen molar-refractivity contribution in [1.82, 2.24) is 0 Å². The molecule has 0 radical (unpaired) electrons. The Labute approximate surface area is 130 Å². The standard InChI is InChI=1S/C10H10O4.K/c11-9(12)6-10(13)14-7-8-4-2-1-3-5-8;/h1-5H,6-7H2,(H,11,12);/q;+1/p-1. The molecule has 0 amide bonds. The van der Waals surface area contributed by atoms with Crippen LogP contribution in [0.4, 0.5) is 0 Å². The number of hydrogen-bond donors (Lipinski definition) is 0. The molecule has 0 aliphatic carbocycles. The third-order valence-electron chi connectivity index (χ3n) is 1.53. The van der Waals surface area contributed by atoms with E-state index in [0.717, 1.165) is 5.56 Å². The van der Waals surface area contributed by atoms with Crippen LogP contribution in [-0.4, -0.2) is 11.9 Å². The van der Waals surface area contributed by atoms with Crippen LogP contribution < -0.4 is 56.5 Å². The minimum absolute atomic E-state index is 0. The molecule has 0 fully saturated rings. The van der Waals surface area contributed by atoms with E-state index in [9.17, 15) is 14.7 Å². The molecule has 0 aromatic heterocycles. The van der Waals surface area contributed by atoms with Gasteiger partial charge in [-0.15, -0.1) is 0 Å². The number of benzene rings is 1. The van der Waals surface area contributed by atoms with Gasteiger partial charge in [0.15, 0.2) is 0 Å². The number of aliphatic carboxylic acids is 1. The number of ether oxygens (including phenoxy) is 1. The first-order chi connectivity index (χ1) is 6.68. The van der Waals surface area contributed by atoms with E-state index in [0.29, 0.717) is 0 Å².